The Morgan fingerprint density at radius 3 is 2.62 bits per heavy atom. The number of rotatable bonds is 3. The Kier molecular flexibility index (Phi) is 5.91. The summed E-state index contributed by atoms with van der Waals surface area (Å²) in [5.74, 6) is -0.651. The number of thioether (sulfide) groups is 1. The lowest BCUT2D eigenvalue weighted by molar-refractivity contribution is -0.136. The standard InChI is InChI=1S/C21H20BrN3O3S/c22-14-4-3-5-15(12-14)23-19(26)13-8-10-25(11-9-13)21(28)18-20(27)24-16-6-1-2-7-17(16)29-18/h1-7,12-13,18H,8-11H2,(H,23,26)(H,24,27)/t18-/m0/s1. The topological polar surface area (TPSA) is 78.5 Å². The first kappa shape index (κ1) is 20.0. The summed E-state index contributed by atoms with van der Waals surface area (Å²) in [6.45, 7) is 0.947. The van der Waals surface area contributed by atoms with Gasteiger partial charge in [-0.3, -0.25) is 14.4 Å². The predicted octanol–water partition coefficient (Wildman–Crippen LogP) is 3.74. The van der Waals surface area contributed by atoms with Gasteiger partial charge in [0.15, 0.2) is 5.25 Å². The molecule has 0 saturated carbocycles. The van der Waals surface area contributed by atoms with Crippen molar-refractivity contribution in [1.29, 1.82) is 0 Å². The largest absolute Gasteiger partial charge is 0.341 e. The van der Waals surface area contributed by atoms with Crippen LogP contribution in [0.1, 0.15) is 12.8 Å². The van der Waals surface area contributed by atoms with E-state index in [9.17, 15) is 14.4 Å². The van der Waals surface area contributed by atoms with Crippen LogP contribution in [0.5, 0.6) is 0 Å². The van der Waals surface area contributed by atoms with Gasteiger partial charge >= 0.3 is 0 Å². The summed E-state index contributed by atoms with van der Waals surface area (Å²) < 4.78 is 0.903. The quantitative estimate of drug-likeness (QED) is 0.665. The first-order chi connectivity index (χ1) is 14.0. The molecule has 2 aliphatic heterocycles. The van der Waals surface area contributed by atoms with Gasteiger partial charge in [-0.25, -0.2) is 0 Å². The third-order valence-corrected chi connectivity index (χ3v) is 6.88. The van der Waals surface area contributed by atoms with Crippen LogP contribution in [0.15, 0.2) is 57.9 Å². The molecule has 0 aromatic heterocycles. The zero-order valence-electron chi connectivity index (χ0n) is 15.6. The molecule has 3 amide bonds. The van der Waals surface area contributed by atoms with Gasteiger partial charge < -0.3 is 15.5 Å². The van der Waals surface area contributed by atoms with Crippen LogP contribution in [0.25, 0.3) is 0 Å². The van der Waals surface area contributed by atoms with E-state index in [2.05, 4.69) is 26.6 Å². The number of hydrogen-bond acceptors (Lipinski definition) is 4. The molecule has 4 rings (SSSR count). The summed E-state index contributed by atoms with van der Waals surface area (Å²) in [4.78, 5) is 40.5. The molecule has 0 bridgehead atoms. The average molecular weight is 474 g/mol. The fourth-order valence-electron chi connectivity index (χ4n) is 3.55. The van der Waals surface area contributed by atoms with Crippen LogP contribution in [-0.4, -0.2) is 41.0 Å². The molecule has 2 N–H and O–H groups in total. The van der Waals surface area contributed by atoms with Gasteiger partial charge in [-0.1, -0.05) is 34.1 Å². The lowest BCUT2D eigenvalue weighted by Crippen LogP contribution is -2.48. The van der Waals surface area contributed by atoms with E-state index in [1.165, 1.54) is 11.8 Å². The Morgan fingerprint density at radius 1 is 1.10 bits per heavy atom. The summed E-state index contributed by atoms with van der Waals surface area (Å²) in [7, 11) is 0. The molecule has 2 heterocycles. The van der Waals surface area contributed by atoms with Gasteiger partial charge in [0.25, 0.3) is 0 Å². The second-order valence-corrected chi connectivity index (χ2v) is 9.15. The maximum absolute atomic E-state index is 12.9. The van der Waals surface area contributed by atoms with Crippen molar-refractivity contribution < 1.29 is 14.4 Å². The normalized spacial score (nSPS) is 19.3. The summed E-state index contributed by atoms with van der Waals surface area (Å²) in [5.41, 5.74) is 1.49. The molecule has 0 aliphatic carbocycles. The van der Waals surface area contributed by atoms with Gasteiger partial charge in [0.2, 0.25) is 17.7 Å². The Bertz CT molecular complexity index is 960. The number of para-hydroxylation sites is 1. The summed E-state index contributed by atoms with van der Waals surface area (Å²) in [5, 5.41) is 4.97. The number of likely N-dealkylation sites (tertiary alicyclic amines) is 1. The van der Waals surface area contributed by atoms with Crippen molar-refractivity contribution in [2.24, 2.45) is 5.92 Å². The minimum atomic E-state index is -0.781. The van der Waals surface area contributed by atoms with Crippen molar-refractivity contribution in [3.05, 3.63) is 53.0 Å². The molecule has 2 aliphatic rings. The van der Waals surface area contributed by atoms with Crippen LogP contribution in [0.4, 0.5) is 11.4 Å². The van der Waals surface area contributed by atoms with Crippen LogP contribution in [0, 0.1) is 5.92 Å². The van der Waals surface area contributed by atoms with E-state index in [-0.39, 0.29) is 23.6 Å². The third-order valence-electron chi connectivity index (χ3n) is 5.12. The number of amides is 3. The molecule has 1 fully saturated rings. The van der Waals surface area contributed by atoms with Crippen molar-refractivity contribution in [3.63, 3.8) is 0 Å². The van der Waals surface area contributed by atoms with Crippen molar-refractivity contribution >= 4 is 56.8 Å². The van der Waals surface area contributed by atoms with Crippen LogP contribution in [0.3, 0.4) is 0 Å². The fourth-order valence-corrected chi connectivity index (χ4v) is 5.02. The third kappa shape index (κ3) is 4.48. The van der Waals surface area contributed by atoms with Gasteiger partial charge in [-0.05, 0) is 43.2 Å². The molecule has 8 heteroatoms. The van der Waals surface area contributed by atoms with Crippen LogP contribution >= 0.6 is 27.7 Å². The van der Waals surface area contributed by atoms with Crippen LogP contribution in [-0.2, 0) is 14.4 Å². The molecule has 2 aromatic carbocycles. The van der Waals surface area contributed by atoms with Gasteiger partial charge in [-0.2, -0.15) is 0 Å². The van der Waals surface area contributed by atoms with E-state index in [1.807, 2.05) is 48.5 Å². The summed E-state index contributed by atoms with van der Waals surface area (Å²) >= 11 is 4.68. The minimum absolute atomic E-state index is 0.0334. The van der Waals surface area contributed by atoms with E-state index in [0.717, 1.165) is 20.7 Å². The monoisotopic (exact) mass is 473 g/mol. The molecule has 29 heavy (non-hydrogen) atoms. The van der Waals surface area contributed by atoms with Crippen molar-refractivity contribution in [1.82, 2.24) is 4.90 Å². The highest BCUT2D eigenvalue weighted by Crippen LogP contribution is 2.36. The van der Waals surface area contributed by atoms with Crippen LogP contribution in [0.2, 0.25) is 0 Å². The summed E-state index contributed by atoms with van der Waals surface area (Å²) in [6, 6.07) is 14.9. The number of halogens is 1. The zero-order valence-corrected chi connectivity index (χ0v) is 18.0. The molecule has 0 unspecified atom stereocenters. The number of benzene rings is 2. The molecule has 0 spiro atoms. The SMILES string of the molecule is O=C(Nc1cccc(Br)c1)C1CCN(C(=O)[C@H]2Sc3ccccc3NC2=O)CC1. The Morgan fingerprint density at radius 2 is 1.86 bits per heavy atom. The molecule has 150 valence electrons. The number of anilines is 2. The Hall–Kier alpha value is -2.32. The number of carbonyl (C=O) groups is 3. The Labute approximate surface area is 181 Å². The van der Waals surface area contributed by atoms with Crippen LogP contribution < -0.4 is 10.6 Å². The number of nitrogens with one attached hydrogen (secondary N) is 2. The van der Waals surface area contributed by atoms with E-state index in [4.69, 9.17) is 0 Å². The molecule has 2 aromatic rings. The van der Waals surface area contributed by atoms with E-state index in [0.29, 0.717) is 25.9 Å². The second-order valence-electron chi connectivity index (χ2n) is 7.08. The van der Waals surface area contributed by atoms with Crippen molar-refractivity contribution in [2.45, 2.75) is 23.0 Å². The molecular weight excluding hydrogens is 454 g/mol. The molecule has 1 saturated heterocycles. The lowest BCUT2D eigenvalue weighted by atomic mass is 9.95. The highest BCUT2D eigenvalue weighted by Gasteiger charge is 2.37. The van der Waals surface area contributed by atoms with Crippen molar-refractivity contribution in [2.75, 3.05) is 23.7 Å². The van der Waals surface area contributed by atoms with E-state index < -0.39 is 5.25 Å². The molecule has 1 atom stereocenters. The molecule has 0 radical (unpaired) electrons. The number of piperidine rings is 1. The second kappa shape index (κ2) is 8.59. The van der Waals surface area contributed by atoms with Gasteiger partial charge in [-0.15, -0.1) is 11.8 Å². The number of carbonyl (C=O) groups excluding carboxylic acids is 3. The zero-order chi connectivity index (χ0) is 20.4. The van der Waals surface area contributed by atoms with Gasteiger partial charge in [0, 0.05) is 34.1 Å². The molecular formula is C21H20BrN3O3S. The lowest BCUT2D eigenvalue weighted by Gasteiger charge is -2.34. The van der Waals surface area contributed by atoms with E-state index >= 15 is 0 Å². The maximum atomic E-state index is 12.9. The Balaban J connectivity index is 1.34. The number of hydrogen-bond donors (Lipinski definition) is 2. The first-order valence-corrected chi connectivity index (χ1v) is 11.1. The highest BCUT2D eigenvalue weighted by atomic mass is 79.9. The molecule has 6 nitrogen and oxygen atoms in total. The smallest absolute Gasteiger partial charge is 0.247 e. The number of nitrogens with zero attached hydrogens (tertiary/aromatic N) is 1. The predicted molar refractivity (Wildman–Crippen MR) is 117 cm³/mol. The summed E-state index contributed by atoms with van der Waals surface area (Å²) in [6.07, 6.45) is 1.17. The minimum Gasteiger partial charge on any atom is -0.341 e. The van der Waals surface area contributed by atoms with Gasteiger partial charge in [0.1, 0.15) is 0 Å². The fraction of sp³-hybridized carbons (Fsp3) is 0.286. The van der Waals surface area contributed by atoms with E-state index in [1.54, 1.807) is 4.90 Å². The highest BCUT2D eigenvalue weighted by molar-refractivity contribution is 9.10. The average Bonchev–Trinajstić information content (AvgIpc) is 2.73. The number of fused-ring (bicyclic) bond motifs is 1. The first-order valence-electron chi connectivity index (χ1n) is 9.43. The maximum Gasteiger partial charge on any atom is 0.247 e. The van der Waals surface area contributed by atoms with Crippen molar-refractivity contribution in [3.8, 4) is 0 Å². The van der Waals surface area contributed by atoms with Gasteiger partial charge in [0.05, 0.1) is 5.69 Å².